The lowest BCUT2D eigenvalue weighted by Crippen LogP contribution is -2.42. The Morgan fingerprint density at radius 1 is 1.08 bits per heavy atom. The number of halogens is 4. The van der Waals surface area contributed by atoms with Gasteiger partial charge in [-0.1, -0.05) is 41.9 Å². The second-order valence-electron chi connectivity index (χ2n) is 7.94. The highest BCUT2D eigenvalue weighted by molar-refractivity contribution is 7.92. The number of alkyl halides is 3. The summed E-state index contributed by atoms with van der Waals surface area (Å²) in [4.78, 5) is 10.3. The van der Waals surface area contributed by atoms with Gasteiger partial charge in [0.05, 0.1) is 29.1 Å². The van der Waals surface area contributed by atoms with Crippen LogP contribution in [0.25, 0.3) is 11.1 Å². The number of nitrogens with zero attached hydrogens (tertiary/aromatic N) is 1. The van der Waals surface area contributed by atoms with Crippen molar-refractivity contribution < 1.29 is 36.2 Å². The molecule has 4 rings (SSSR count). The molecule has 36 heavy (non-hydrogen) atoms. The average Bonchev–Trinajstić information content (AvgIpc) is 2.82. The quantitative estimate of drug-likeness (QED) is 0.389. The molecule has 0 fully saturated rings. The molecule has 1 heterocycles. The van der Waals surface area contributed by atoms with Crippen molar-refractivity contribution in [1.82, 2.24) is 0 Å². The van der Waals surface area contributed by atoms with E-state index in [-0.39, 0.29) is 24.4 Å². The van der Waals surface area contributed by atoms with Gasteiger partial charge in [-0.05, 0) is 59.7 Å². The van der Waals surface area contributed by atoms with Crippen LogP contribution in [0.15, 0.2) is 83.8 Å². The van der Waals surface area contributed by atoms with E-state index in [0.29, 0.717) is 22.2 Å². The van der Waals surface area contributed by atoms with Crippen molar-refractivity contribution >= 4 is 33.3 Å². The number of rotatable bonds is 6. The minimum atomic E-state index is -4.73. The number of benzene rings is 3. The monoisotopic (exact) mass is 537 g/mol. The van der Waals surface area contributed by atoms with Crippen molar-refractivity contribution in [2.75, 3.05) is 10.8 Å². The summed E-state index contributed by atoms with van der Waals surface area (Å²) < 4.78 is 73.9. The Balaban J connectivity index is 1.81. The lowest BCUT2D eigenvalue weighted by Gasteiger charge is -2.35. The smallest absolute Gasteiger partial charge is 0.416 e. The first-order valence-electron chi connectivity index (χ1n) is 10.6. The molecule has 1 N–H and O–H groups in total. The first kappa shape index (κ1) is 25.6. The van der Waals surface area contributed by atoms with E-state index in [4.69, 9.17) is 21.4 Å². The topological polar surface area (TPSA) is 83.9 Å². The van der Waals surface area contributed by atoms with Crippen LogP contribution in [0, 0.1) is 0 Å². The minimum Gasteiger partial charge on any atom is -0.482 e. The third-order valence-corrected chi connectivity index (χ3v) is 7.41. The van der Waals surface area contributed by atoms with Gasteiger partial charge in [0.25, 0.3) is 10.0 Å². The maximum absolute atomic E-state index is 13.6. The highest BCUT2D eigenvalue weighted by Gasteiger charge is 2.36. The van der Waals surface area contributed by atoms with Gasteiger partial charge in [-0.15, -0.1) is 0 Å². The SMILES string of the molecule is O=C(O)CC=CC1CN(S(=O)(=O)c2cccc(C(F)(F)F)c2)c2cc(-c3cccc(Cl)c3)ccc2O1. The summed E-state index contributed by atoms with van der Waals surface area (Å²) >= 11 is 6.09. The number of carboxylic acid groups (broad SMARTS) is 1. The van der Waals surface area contributed by atoms with Gasteiger partial charge in [0.15, 0.2) is 0 Å². The standard InChI is InChI=1S/C25H19ClF3NO5S/c26-19-6-1-4-16(12-19)17-10-11-23-22(13-17)30(15-20(35-23)7-3-9-24(31)32)36(33,34)21-8-2-5-18(14-21)25(27,28)29/h1-8,10-14,20H,9,15H2,(H,31,32). The summed E-state index contributed by atoms with van der Waals surface area (Å²) in [6, 6.07) is 15.2. The summed E-state index contributed by atoms with van der Waals surface area (Å²) in [5.74, 6) is -0.908. The Morgan fingerprint density at radius 2 is 1.81 bits per heavy atom. The summed E-state index contributed by atoms with van der Waals surface area (Å²) in [6.07, 6.45) is -3.16. The maximum atomic E-state index is 13.6. The number of carboxylic acids is 1. The molecular formula is C25H19ClF3NO5S. The molecular weight excluding hydrogens is 519 g/mol. The number of anilines is 1. The number of hydrogen-bond acceptors (Lipinski definition) is 4. The molecule has 6 nitrogen and oxygen atoms in total. The Bertz CT molecular complexity index is 1440. The molecule has 0 amide bonds. The molecule has 0 saturated heterocycles. The van der Waals surface area contributed by atoms with Crippen molar-refractivity contribution in [3.05, 3.63) is 89.5 Å². The number of fused-ring (bicyclic) bond motifs is 1. The molecule has 0 saturated carbocycles. The zero-order valence-corrected chi connectivity index (χ0v) is 20.0. The van der Waals surface area contributed by atoms with Crippen LogP contribution < -0.4 is 9.04 Å². The number of sulfonamides is 1. The van der Waals surface area contributed by atoms with Crippen molar-refractivity contribution in [1.29, 1.82) is 0 Å². The Labute approximate surface area is 210 Å². The van der Waals surface area contributed by atoms with E-state index < -0.39 is 38.7 Å². The van der Waals surface area contributed by atoms with Gasteiger partial charge in [0.2, 0.25) is 0 Å². The van der Waals surface area contributed by atoms with Crippen molar-refractivity contribution in [2.24, 2.45) is 0 Å². The third-order valence-electron chi connectivity index (χ3n) is 5.40. The first-order valence-corrected chi connectivity index (χ1v) is 12.4. The van der Waals surface area contributed by atoms with E-state index in [9.17, 15) is 26.4 Å². The molecule has 3 aromatic carbocycles. The molecule has 188 valence electrons. The highest BCUT2D eigenvalue weighted by Crippen LogP contribution is 2.41. The fourth-order valence-electron chi connectivity index (χ4n) is 3.73. The van der Waals surface area contributed by atoms with Crippen molar-refractivity contribution in [3.63, 3.8) is 0 Å². The summed E-state index contributed by atoms with van der Waals surface area (Å²) in [5.41, 5.74) is 0.351. The van der Waals surface area contributed by atoms with E-state index in [0.717, 1.165) is 22.5 Å². The summed E-state index contributed by atoms with van der Waals surface area (Å²) in [6.45, 7) is -0.277. The largest absolute Gasteiger partial charge is 0.482 e. The van der Waals surface area contributed by atoms with Crippen LogP contribution in [-0.4, -0.2) is 32.1 Å². The fourth-order valence-corrected chi connectivity index (χ4v) is 5.45. The molecule has 11 heteroatoms. The van der Waals surface area contributed by atoms with Gasteiger partial charge in [0, 0.05) is 5.02 Å². The second-order valence-corrected chi connectivity index (χ2v) is 10.2. The van der Waals surface area contributed by atoms with Crippen molar-refractivity contribution in [3.8, 4) is 16.9 Å². The van der Waals surface area contributed by atoms with Crippen LogP contribution in [0.5, 0.6) is 5.75 Å². The average molecular weight is 538 g/mol. The molecule has 0 aromatic heterocycles. The number of aliphatic carboxylic acids is 1. The van der Waals surface area contributed by atoms with Gasteiger partial charge < -0.3 is 9.84 Å². The minimum absolute atomic E-state index is 0.132. The first-order chi connectivity index (χ1) is 16.9. The molecule has 1 unspecified atom stereocenters. The van der Waals surface area contributed by atoms with Gasteiger partial charge in [0.1, 0.15) is 11.9 Å². The van der Waals surface area contributed by atoms with Crippen molar-refractivity contribution in [2.45, 2.75) is 23.6 Å². The fraction of sp³-hybridized carbons (Fsp3) is 0.160. The van der Waals surface area contributed by atoms with Crippen LogP contribution >= 0.6 is 11.6 Å². The van der Waals surface area contributed by atoms with E-state index in [2.05, 4.69) is 0 Å². The Kier molecular flexibility index (Phi) is 7.01. The Morgan fingerprint density at radius 3 is 2.50 bits per heavy atom. The van der Waals surface area contributed by atoms with Crippen LogP contribution in [0.4, 0.5) is 18.9 Å². The van der Waals surface area contributed by atoms with Crippen LogP contribution in [-0.2, 0) is 21.0 Å². The number of carbonyl (C=O) groups is 1. The second kappa shape index (κ2) is 9.87. The lowest BCUT2D eigenvalue weighted by atomic mass is 10.0. The lowest BCUT2D eigenvalue weighted by molar-refractivity contribution is -0.138. The van der Waals surface area contributed by atoms with Gasteiger partial charge in [-0.25, -0.2) is 8.42 Å². The predicted octanol–water partition coefficient (Wildman–Crippen LogP) is 6.01. The molecule has 0 aliphatic carbocycles. The zero-order chi connectivity index (χ0) is 26.1. The Hall–Kier alpha value is -3.50. The molecule has 1 aliphatic heterocycles. The predicted molar refractivity (Wildman–Crippen MR) is 129 cm³/mol. The van der Waals surface area contributed by atoms with E-state index in [1.165, 1.54) is 12.2 Å². The summed E-state index contributed by atoms with van der Waals surface area (Å²) in [7, 11) is -4.46. The number of ether oxygens (including phenoxy) is 1. The van der Waals surface area contributed by atoms with Gasteiger partial charge >= 0.3 is 12.1 Å². The van der Waals surface area contributed by atoms with E-state index in [1.807, 2.05) is 0 Å². The molecule has 1 atom stereocenters. The molecule has 1 aliphatic rings. The molecule has 3 aromatic rings. The molecule has 0 spiro atoms. The maximum Gasteiger partial charge on any atom is 0.416 e. The van der Waals surface area contributed by atoms with Crippen LogP contribution in [0.3, 0.4) is 0 Å². The normalized spacial score (nSPS) is 16.0. The number of hydrogen-bond donors (Lipinski definition) is 1. The van der Waals surface area contributed by atoms with E-state index >= 15 is 0 Å². The highest BCUT2D eigenvalue weighted by atomic mass is 35.5. The third kappa shape index (κ3) is 5.50. The summed E-state index contributed by atoms with van der Waals surface area (Å²) in [5, 5.41) is 9.35. The van der Waals surface area contributed by atoms with Crippen LogP contribution in [0.1, 0.15) is 12.0 Å². The van der Waals surface area contributed by atoms with Crippen LogP contribution in [0.2, 0.25) is 5.02 Å². The molecule has 0 radical (unpaired) electrons. The zero-order valence-electron chi connectivity index (χ0n) is 18.4. The van der Waals surface area contributed by atoms with Gasteiger partial charge in [-0.2, -0.15) is 13.2 Å². The van der Waals surface area contributed by atoms with Gasteiger partial charge in [-0.3, -0.25) is 9.10 Å². The molecule has 0 bridgehead atoms. The van der Waals surface area contributed by atoms with E-state index in [1.54, 1.807) is 42.5 Å².